The predicted molar refractivity (Wildman–Crippen MR) is 61.4 cm³/mol. The van der Waals surface area contributed by atoms with Crippen molar-refractivity contribution in [2.75, 3.05) is 0 Å². The molecule has 0 unspecified atom stereocenters. The molecule has 80 valence electrons. The molecule has 0 amide bonds. The van der Waals surface area contributed by atoms with Crippen molar-refractivity contribution >= 4 is 15.9 Å². The molecule has 2 fully saturated rings. The van der Waals surface area contributed by atoms with Gasteiger partial charge >= 0.3 is 0 Å². The Morgan fingerprint density at radius 3 is 2.33 bits per heavy atom. The summed E-state index contributed by atoms with van der Waals surface area (Å²) in [5, 5.41) is 0. The monoisotopic (exact) mass is 268 g/mol. The first-order valence-corrected chi connectivity index (χ1v) is 6.23. The first-order chi connectivity index (χ1) is 7.31. The summed E-state index contributed by atoms with van der Waals surface area (Å²) < 4.78 is 12.5. The molecule has 0 aromatic heterocycles. The van der Waals surface area contributed by atoms with Gasteiger partial charge in [-0.25, -0.2) is 0 Å². The smallest absolute Gasteiger partial charge is 0.137 e. The molecule has 3 rings (SSSR count). The van der Waals surface area contributed by atoms with Crippen LogP contribution in [-0.2, 0) is 0 Å². The van der Waals surface area contributed by atoms with Gasteiger partial charge in [-0.05, 0) is 53.7 Å². The molecule has 2 saturated carbocycles. The molecule has 1 aromatic carbocycles. The SMILES string of the molecule is Brc1ccc(OC2CC2)cc1OC1CC1. The molecule has 0 radical (unpaired) electrons. The summed E-state index contributed by atoms with van der Waals surface area (Å²) in [6.07, 6.45) is 5.61. The van der Waals surface area contributed by atoms with Gasteiger partial charge in [0.2, 0.25) is 0 Å². The Labute approximate surface area is 97.7 Å². The first-order valence-electron chi connectivity index (χ1n) is 5.44. The minimum absolute atomic E-state index is 0.428. The zero-order chi connectivity index (χ0) is 10.3. The summed E-state index contributed by atoms with van der Waals surface area (Å²) in [5.41, 5.74) is 0. The van der Waals surface area contributed by atoms with Crippen LogP contribution in [0.25, 0.3) is 0 Å². The van der Waals surface area contributed by atoms with Crippen molar-refractivity contribution in [1.29, 1.82) is 0 Å². The molecule has 3 heteroatoms. The summed E-state index contributed by atoms with van der Waals surface area (Å²) in [6.45, 7) is 0. The van der Waals surface area contributed by atoms with Crippen molar-refractivity contribution in [3.05, 3.63) is 22.7 Å². The molecule has 2 aliphatic rings. The van der Waals surface area contributed by atoms with Crippen molar-refractivity contribution in [2.24, 2.45) is 0 Å². The van der Waals surface area contributed by atoms with Crippen LogP contribution in [0.3, 0.4) is 0 Å². The number of hydrogen-bond acceptors (Lipinski definition) is 2. The third kappa shape index (κ3) is 2.46. The summed E-state index contributed by atoms with van der Waals surface area (Å²) in [4.78, 5) is 0. The molecule has 0 spiro atoms. The Balaban J connectivity index is 1.76. The van der Waals surface area contributed by atoms with Crippen molar-refractivity contribution in [2.45, 2.75) is 37.9 Å². The highest BCUT2D eigenvalue weighted by molar-refractivity contribution is 9.10. The van der Waals surface area contributed by atoms with E-state index in [0.29, 0.717) is 12.2 Å². The van der Waals surface area contributed by atoms with Crippen LogP contribution in [-0.4, -0.2) is 12.2 Å². The maximum absolute atomic E-state index is 5.77. The molecule has 0 N–H and O–H groups in total. The molecule has 0 atom stereocenters. The number of halogens is 1. The summed E-state index contributed by atoms with van der Waals surface area (Å²) >= 11 is 3.49. The van der Waals surface area contributed by atoms with Crippen LogP contribution in [0.2, 0.25) is 0 Å². The van der Waals surface area contributed by atoms with Gasteiger partial charge < -0.3 is 9.47 Å². The lowest BCUT2D eigenvalue weighted by atomic mass is 10.3. The molecule has 0 saturated heterocycles. The van der Waals surface area contributed by atoms with Gasteiger partial charge in [0.1, 0.15) is 11.5 Å². The van der Waals surface area contributed by atoms with Crippen LogP contribution in [0.5, 0.6) is 11.5 Å². The fourth-order valence-corrected chi connectivity index (χ4v) is 1.73. The Morgan fingerprint density at radius 2 is 1.67 bits per heavy atom. The van der Waals surface area contributed by atoms with Crippen LogP contribution < -0.4 is 9.47 Å². The van der Waals surface area contributed by atoms with Crippen molar-refractivity contribution in [3.8, 4) is 11.5 Å². The van der Waals surface area contributed by atoms with E-state index in [9.17, 15) is 0 Å². The van der Waals surface area contributed by atoms with E-state index in [4.69, 9.17) is 9.47 Å². The zero-order valence-corrected chi connectivity index (χ0v) is 10.00. The lowest BCUT2D eigenvalue weighted by Crippen LogP contribution is -1.99. The normalized spacial score (nSPS) is 20.1. The minimum atomic E-state index is 0.428. The third-order valence-electron chi connectivity index (χ3n) is 2.55. The van der Waals surface area contributed by atoms with Gasteiger partial charge in [0.25, 0.3) is 0 Å². The van der Waals surface area contributed by atoms with Crippen molar-refractivity contribution < 1.29 is 9.47 Å². The Bertz CT molecular complexity index is 370. The highest BCUT2D eigenvalue weighted by atomic mass is 79.9. The second-order valence-corrected chi connectivity index (χ2v) is 5.08. The van der Waals surface area contributed by atoms with Gasteiger partial charge in [-0.3, -0.25) is 0 Å². The standard InChI is InChI=1S/C12H13BrO2/c13-11-6-5-10(14-8-1-2-8)7-12(11)15-9-3-4-9/h5-9H,1-4H2. The van der Waals surface area contributed by atoms with Crippen molar-refractivity contribution in [1.82, 2.24) is 0 Å². The number of ether oxygens (including phenoxy) is 2. The topological polar surface area (TPSA) is 18.5 Å². The van der Waals surface area contributed by atoms with E-state index in [1.165, 1.54) is 25.7 Å². The van der Waals surface area contributed by atoms with Gasteiger partial charge in [-0.1, -0.05) is 0 Å². The lowest BCUT2D eigenvalue weighted by Gasteiger charge is -2.10. The minimum Gasteiger partial charge on any atom is -0.490 e. The van der Waals surface area contributed by atoms with Crippen LogP contribution >= 0.6 is 15.9 Å². The van der Waals surface area contributed by atoms with E-state index in [-0.39, 0.29) is 0 Å². The summed E-state index contributed by atoms with van der Waals surface area (Å²) in [6, 6.07) is 5.97. The van der Waals surface area contributed by atoms with Crippen LogP contribution in [0, 0.1) is 0 Å². The third-order valence-corrected chi connectivity index (χ3v) is 3.20. The van der Waals surface area contributed by atoms with E-state index in [0.717, 1.165) is 16.0 Å². The second kappa shape index (κ2) is 3.71. The van der Waals surface area contributed by atoms with Crippen LogP contribution in [0.15, 0.2) is 22.7 Å². The van der Waals surface area contributed by atoms with Gasteiger partial charge in [0, 0.05) is 6.07 Å². The van der Waals surface area contributed by atoms with Gasteiger partial charge in [-0.2, -0.15) is 0 Å². The quantitative estimate of drug-likeness (QED) is 0.832. The molecule has 15 heavy (non-hydrogen) atoms. The van der Waals surface area contributed by atoms with E-state index in [1.54, 1.807) is 0 Å². The first kappa shape index (κ1) is 9.52. The molecule has 2 nitrogen and oxygen atoms in total. The van der Waals surface area contributed by atoms with Gasteiger partial charge in [0.05, 0.1) is 16.7 Å². The lowest BCUT2D eigenvalue weighted by molar-refractivity contribution is 0.286. The van der Waals surface area contributed by atoms with Crippen LogP contribution in [0.1, 0.15) is 25.7 Å². The number of hydrogen-bond donors (Lipinski definition) is 0. The van der Waals surface area contributed by atoms with E-state index < -0.39 is 0 Å². The predicted octanol–water partition coefficient (Wildman–Crippen LogP) is 3.53. The largest absolute Gasteiger partial charge is 0.490 e. The molecular weight excluding hydrogens is 256 g/mol. The summed E-state index contributed by atoms with van der Waals surface area (Å²) in [7, 11) is 0. The Hall–Kier alpha value is -0.700. The second-order valence-electron chi connectivity index (χ2n) is 4.23. The van der Waals surface area contributed by atoms with E-state index in [2.05, 4.69) is 15.9 Å². The summed E-state index contributed by atoms with van der Waals surface area (Å²) in [5.74, 6) is 1.84. The highest BCUT2D eigenvalue weighted by Crippen LogP contribution is 2.36. The zero-order valence-electron chi connectivity index (χ0n) is 8.41. The van der Waals surface area contributed by atoms with E-state index >= 15 is 0 Å². The maximum atomic E-state index is 5.77. The van der Waals surface area contributed by atoms with Crippen LogP contribution in [0.4, 0.5) is 0 Å². The molecule has 0 aliphatic heterocycles. The molecule has 2 aliphatic carbocycles. The molecule has 0 heterocycles. The molecule has 0 bridgehead atoms. The van der Waals surface area contributed by atoms with Gasteiger partial charge in [0.15, 0.2) is 0 Å². The Kier molecular flexibility index (Phi) is 2.35. The maximum Gasteiger partial charge on any atom is 0.137 e. The van der Waals surface area contributed by atoms with Crippen molar-refractivity contribution in [3.63, 3.8) is 0 Å². The molecule has 1 aromatic rings. The number of benzene rings is 1. The average molecular weight is 269 g/mol. The Morgan fingerprint density at radius 1 is 1.00 bits per heavy atom. The fourth-order valence-electron chi connectivity index (χ4n) is 1.39. The number of rotatable bonds is 4. The fraction of sp³-hybridized carbons (Fsp3) is 0.500. The van der Waals surface area contributed by atoms with Gasteiger partial charge in [-0.15, -0.1) is 0 Å². The molecular formula is C12H13BrO2. The highest BCUT2D eigenvalue weighted by Gasteiger charge is 2.26. The average Bonchev–Trinajstić information content (AvgIpc) is 3.05. The van der Waals surface area contributed by atoms with E-state index in [1.807, 2.05) is 18.2 Å².